The van der Waals surface area contributed by atoms with Gasteiger partial charge in [0, 0.05) is 11.6 Å². The molecule has 0 radical (unpaired) electrons. The average Bonchev–Trinajstić information content (AvgIpc) is 3.50. The molecule has 46 heavy (non-hydrogen) atoms. The van der Waals surface area contributed by atoms with Crippen LogP contribution < -0.4 is 10.4 Å². The van der Waals surface area contributed by atoms with Crippen molar-refractivity contribution in [1.82, 2.24) is 9.55 Å². The van der Waals surface area contributed by atoms with Crippen molar-refractivity contribution in [2.45, 2.75) is 38.5 Å². The Balaban J connectivity index is 1.21. The van der Waals surface area contributed by atoms with Gasteiger partial charge in [-0.25, -0.2) is 4.98 Å². The molecule has 0 amide bonds. The molecule has 2 heteroatoms. The van der Waals surface area contributed by atoms with E-state index >= 15 is 0 Å². The Labute approximate surface area is 269 Å². The molecule has 6 aromatic carbocycles. The van der Waals surface area contributed by atoms with Crippen LogP contribution in [0.5, 0.6) is 0 Å². The highest BCUT2D eigenvalue weighted by Gasteiger charge is 2.30. The van der Waals surface area contributed by atoms with E-state index in [1.807, 2.05) is 0 Å². The van der Waals surface area contributed by atoms with E-state index < -0.39 is 0 Å². The van der Waals surface area contributed by atoms with Crippen LogP contribution in [-0.4, -0.2) is 9.55 Å². The molecular weight excluding hydrogens is 556 g/mol. The number of para-hydroxylation sites is 3. The fourth-order valence-corrected chi connectivity index (χ4v) is 8.16. The summed E-state index contributed by atoms with van der Waals surface area (Å²) in [5, 5.41) is 8.11. The van der Waals surface area contributed by atoms with Crippen molar-refractivity contribution in [1.29, 1.82) is 0 Å². The average molecular weight is 593 g/mol. The maximum Gasteiger partial charge on any atom is 0.118 e. The number of allylic oxidation sites excluding steroid dienone is 2. The van der Waals surface area contributed by atoms with Crippen molar-refractivity contribution in [3.05, 3.63) is 149 Å². The molecule has 0 fully saturated rings. The third-order valence-corrected chi connectivity index (χ3v) is 10.3. The molecule has 0 saturated carbocycles. The summed E-state index contributed by atoms with van der Waals surface area (Å²) in [4.78, 5) is 5.27. The van der Waals surface area contributed by atoms with Crippen LogP contribution in [0.1, 0.15) is 49.9 Å². The van der Waals surface area contributed by atoms with Crippen LogP contribution in [0, 0.1) is 5.92 Å². The van der Waals surface area contributed by atoms with Crippen LogP contribution in [0.25, 0.3) is 67.1 Å². The fraction of sp³-hybridized carbons (Fsp3) is 0.159. The molecule has 0 bridgehead atoms. The Bertz CT molecular complexity index is 2440. The van der Waals surface area contributed by atoms with Gasteiger partial charge < -0.3 is 0 Å². The minimum atomic E-state index is 0.339. The van der Waals surface area contributed by atoms with E-state index in [1.165, 1.54) is 71.3 Å². The normalized spacial score (nSPS) is 17.8. The maximum atomic E-state index is 5.27. The van der Waals surface area contributed by atoms with Crippen molar-refractivity contribution in [3.8, 4) is 16.8 Å². The van der Waals surface area contributed by atoms with Crippen molar-refractivity contribution >= 4 is 50.3 Å². The van der Waals surface area contributed by atoms with Gasteiger partial charge in [-0.1, -0.05) is 116 Å². The summed E-state index contributed by atoms with van der Waals surface area (Å²) in [5.74, 6) is 1.87. The molecule has 222 valence electrons. The van der Waals surface area contributed by atoms with E-state index in [0.29, 0.717) is 11.8 Å². The number of hydrogen-bond acceptors (Lipinski definition) is 1. The Kier molecular flexibility index (Phi) is 6.48. The summed E-state index contributed by atoms with van der Waals surface area (Å²) < 4.78 is 2.40. The lowest BCUT2D eigenvalue weighted by Gasteiger charge is -2.29. The molecule has 0 saturated heterocycles. The number of hydrogen-bond donors (Lipinski definition) is 0. The topological polar surface area (TPSA) is 17.8 Å². The molecule has 0 N–H and O–H groups in total. The van der Waals surface area contributed by atoms with Crippen LogP contribution in [0.15, 0.2) is 127 Å². The Morgan fingerprint density at radius 3 is 2.13 bits per heavy atom. The van der Waals surface area contributed by atoms with Gasteiger partial charge in [-0.3, -0.25) is 4.57 Å². The molecule has 1 aromatic heterocycles. The molecular formula is C44H36N2. The molecule has 2 aliphatic rings. The third-order valence-electron chi connectivity index (χ3n) is 10.3. The highest BCUT2D eigenvalue weighted by atomic mass is 15.1. The second-order valence-electron chi connectivity index (χ2n) is 13.0. The second-order valence-corrected chi connectivity index (χ2v) is 13.0. The Morgan fingerprint density at radius 1 is 0.652 bits per heavy atom. The largest absolute Gasteiger partial charge is 0.296 e. The van der Waals surface area contributed by atoms with Gasteiger partial charge in [0.15, 0.2) is 0 Å². The Morgan fingerprint density at radius 2 is 1.33 bits per heavy atom. The highest BCUT2D eigenvalue weighted by molar-refractivity contribution is 6.05. The van der Waals surface area contributed by atoms with Crippen molar-refractivity contribution in [2.24, 2.45) is 5.92 Å². The first-order valence-corrected chi connectivity index (χ1v) is 16.7. The molecule has 2 nitrogen and oxygen atoms in total. The minimum Gasteiger partial charge on any atom is -0.296 e. The van der Waals surface area contributed by atoms with E-state index in [4.69, 9.17) is 4.98 Å². The zero-order chi connectivity index (χ0) is 30.6. The number of nitrogens with zero attached hydrogens (tertiary/aromatic N) is 2. The van der Waals surface area contributed by atoms with E-state index in [1.54, 1.807) is 0 Å². The quantitative estimate of drug-likeness (QED) is 0.199. The predicted molar refractivity (Wildman–Crippen MR) is 194 cm³/mol. The van der Waals surface area contributed by atoms with E-state index in [0.717, 1.165) is 31.2 Å². The van der Waals surface area contributed by atoms with Crippen molar-refractivity contribution in [3.63, 3.8) is 0 Å². The van der Waals surface area contributed by atoms with Gasteiger partial charge in [0.05, 0.1) is 11.0 Å². The summed E-state index contributed by atoms with van der Waals surface area (Å²) in [5.41, 5.74) is 9.02. The Hall–Kier alpha value is -5.21. The lowest BCUT2D eigenvalue weighted by molar-refractivity contribution is 0.472. The molecule has 2 unspecified atom stereocenters. The lowest BCUT2D eigenvalue weighted by Crippen LogP contribution is -2.33. The number of aromatic nitrogens is 2. The van der Waals surface area contributed by atoms with Crippen LogP contribution in [0.2, 0.25) is 0 Å². The molecule has 2 atom stereocenters. The molecule has 9 rings (SSSR count). The number of fused-ring (bicyclic) bond motifs is 4. The number of benzene rings is 6. The van der Waals surface area contributed by atoms with E-state index in [2.05, 4.69) is 151 Å². The van der Waals surface area contributed by atoms with Gasteiger partial charge in [-0.2, -0.15) is 0 Å². The first-order valence-electron chi connectivity index (χ1n) is 16.7. The molecule has 2 aliphatic carbocycles. The van der Waals surface area contributed by atoms with Gasteiger partial charge in [-0.15, -0.1) is 0 Å². The molecule has 0 spiro atoms. The summed E-state index contributed by atoms with van der Waals surface area (Å²) in [7, 11) is 0. The van der Waals surface area contributed by atoms with Gasteiger partial charge in [0.1, 0.15) is 5.82 Å². The van der Waals surface area contributed by atoms with Crippen LogP contribution >= 0.6 is 0 Å². The summed E-state index contributed by atoms with van der Waals surface area (Å²) in [6.45, 7) is 2.40. The minimum absolute atomic E-state index is 0.339. The predicted octanol–water partition coefficient (Wildman–Crippen LogP) is 9.95. The zero-order valence-corrected chi connectivity index (χ0v) is 26.2. The zero-order valence-electron chi connectivity index (χ0n) is 26.2. The van der Waals surface area contributed by atoms with Gasteiger partial charge >= 0.3 is 0 Å². The summed E-state index contributed by atoms with van der Waals surface area (Å²) in [6, 6.07) is 44.1. The van der Waals surface area contributed by atoms with Crippen LogP contribution in [-0.2, 0) is 0 Å². The second kappa shape index (κ2) is 11.0. The van der Waals surface area contributed by atoms with Gasteiger partial charge in [0.2, 0.25) is 0 Å². The van der Waals surface area contributed by atoms with E-state index in [-0.39, 0.29) is 0 Å². The maximum absolute atomic E-state index is 5.27. The molecule has 7 aromatic rings. The smallest absolute Gasteiger partial charge is 0.118 e. The SMILES string of the molecule is CC1C=C(c2c3c(c(-c4ccc5ccccc5c4)c4ccccc24)=CCCC=3)CCC1c1nc2ccccc2n1-c1ccccc1. The first-order chi connectivity index (χ1) is 22.7. The summed E-state index contributed by atoms with van der Waals surface area (Å²) >= 11 is 0. The molecule has 1 heterocycles. The highest BCUT2D eigenvalue weighted by Crippen LogP contribution is 2.42. The number of imidazole rings is 1. The molecule has 0 aliphatic heterocycles. The van der Waals surface area contributed by atoms with Crippen LogP contribution in [0.3, 0.4) is 0 Å². The monoisotopic (exact) mass is 592 g/mol. The standard InChI is InChI=1S/C44H36N2/c1-29-27-32(25-26-35(29)44-45-40-21-11-12-22-41(40)46(44)34-15-3-2-4-16-34)42-36-17-7-9-19-38(36)43(39-20-10-8-18-37(39)42)33-24-23-30-13-5-6-14-31(30)28-33/h2-7,9,11-24,27-29,35H,8,10,25-26H2,1H3. The van der Waals surface area contributed by atoms with Gasteiger partial charge in [-0.05, 0) is 116 Å². The van der Waals surface area contributed by atoms with Crippen molar-refractivity contribution < 1.29 is 0 Å². The first kappa shape index (κ1) is 27.1. The van der Waals surface area contributed by atoms with Crippen LogP contribution in [0.4, 0.5) is 0 Å². The van der Waals surface area contributed by atoms with E-state index in [9.17, 15) is 0 Å². The third kappa shape index (κ3) is 4.35. The lowest BCUT2D eigenvalue weighted by atomic mass is 9.77. The fourth-order valence-electron chi connectivity index (χ4n) is 8.16. The van der Waals surface area contributed by atoms with Crippen molar-refractivity contribution in [2.75, 3.05) is 0 Å². The number of rotatable bonds is 4. The summed E-state index contributed by atoms with van der Waals surface area (Å²) in [6.07, 6.45) is 11.8. The van der Waals surface area contributed by atoms with Gasteiger partial charge in [0.25, 0.3) is 0 Å².